The molecule has 0 radical (unpaired) electrons. The molecule has 0 saturated heterocycles. The van der Waals surface area contributed by atoms with Gasteiger partial charge in [0, 0.05) is 38.1 Å². The standard InChI is InChI=1S/C28H22N2S2/c1-28(2,3)22-13-19(12-17-6-4-5-7-20(17)22)27-21-14-26(32-24(21)8-10-29-27)23-15-25-18(16-30-23)9-11-31-25/h4-16H,1-3H3. The second kappa shape index (κ2) is 7.22. The van der Waals surface area contributed by atoms with Gasteiger partial charge in [0.25, 0.3) is 0 Å². The molecule has 0 N–H and O–H groups in total. The SMILES string of the molecule is CC(C)(C)c1cc(-c2nccc3sc(-c4cc5sccc5cn4)cc23)cc2ccccc12. The quantitative estimate of drug-likeness (QED) is 0.264. The highest BCUT2D eigenvalue weighted by Gasteiger charge is 2.20. The largest absolute Gasteiger partial charge is 0.256 e. The minimum Gasteiger partial charge on any atom is -0.256 e. The van der Waals surface area contributed by atoms with Crippen molar-refractivity contribution in [1.82, 2.24) is 9.97 Å². The molecular weight excluding hydrogens is 428 g/mol. The minimum atomic E-state index is 0.0450. The van der Waals surface area contributed by atoms with Gasteiger partial charge in [-0.15, -0.1) is 22.7 Å². The Labute approximate surface area is 195 Å². The topological polar surface area (TPSA) is 25.8 Å². The Morgan fingerprint density at radius 3 is 2.53 bits per heavy atom. The van der Waals surface area contributed by atoms with Crippen molar-refractivity contribution in [2.75, 3.05) is 0 Å². The van der Waals surface area contributed by atoms with Crippen molar-refractivity contribution in [2.45, 2.75) is 26.2 Å². The third-order valence-corrected chi connectivity index (χ3v) is 7.98. The van der Waals surface area contributed by atoms with Gasteiger partial charge in [-0.25, -0.2) is 0 Å². The Morgan fingerprint density at radius 2 is 1.66 bits per heavy atom. The molecule has 0 aliphatic heterocycles. The number of fused-ring (bicyclic) bond motifs is 3. The second-order valence-corrected chi connectivity index (χ2v) is 11.2. The summed E-state index contributed by atoms with van der Waals surface area (Å²) >= 11 is 3.55. The molecule has 6 aromatic rings. The average molecular weight is 451 g/mol. The number of rotatable bonds is 2. The lowest BCUT2D eigenvalue weighted by atomic mass is 9.82. The van der Waals surface area contributed by atoms with Crippen LogP contribution in [0.15, 0.2) is 78.4 Å². The average Bonchev–Trinajstić information content (AvgIpc) is 3.43. The van der Waals surface area contributed by atoms with Gasteiger partial charge in [0.05, 0.1) is 16.3 Å². The monoisotopic (exact) mass is 450 g/mol. The maximum Gasteiger partial charge on any atom is 0.0816 e. The molecule has 0 amide bonds. The van der Waals surface area contributed by atoms with Crippen LogP contribution in [-0.4, -0.2) is 9.97 Å². The third-order valence-electron chi connectivity index (χ3n) is 5.98. The third kappa shape index (κ3) is 3.22. The Kier molecular flexibility index (Phi) is 4.42. The number of hydrogen-bond donors (Lipinski definition) is 0. The van der Waals surface area contributed by atoms with Crippen molar-refractivity contribution < 1.29 is 0 Å². The molecule has 0 bridgehead atoms. The van der Waals surface area contributed by atoms with Crippen LogP contribution in [-0.2, 0) is 5.41 Å². The first-order valence-corrected chi connectivity index (χ1v) is 12.4. The van der Waals surface area contributed by atoms with Gasteiger partial charge in [-0.05, 0) is 63.5 Å². The van der Waals surface area contributed by atoms with E-state index in [1.165, 1.54) is 46.9 Å². The van der Waals surface area contributed by atoms with Crippen LogP contribution >= 0.6 is 22.7 Å². The molecule has 4 aromatic heterocycles. The molecule has 2 aromatic carbocycles. The van der Waals surface area contributed by atoms with Gasteiger partial charge in [-0.1, -0.05) is 45.0 Å². The molecule has 0 saturated carbocycles. The van der Waals surface area contributed by atoms with Crippen LogP contribution in [0.2, 0.25) is 0 Å². The fraction of sp³-hybridized carbons (Fsp3) is 0.143. The summed E-state index contributed by atoms with van der Waals surface area (Å²) in [5, 5.41) is 7.09. The van der Waals surface area contributed by atoms with E-state index in [1.807, 2.05) is 12.4 Å². The number of aromatic nitrogens is 2. The minimum absolute atomic E-state index is 0.0450. The van der Waals surface area contributed by atoms with Gasteiger partial charge < -0.3 is 0 Å². The molecule has 0 aliphatic carbocycles. The summed E-state index contributed by atoms with van der Waals surface area (Å²) in [6.45, 7) is 6.84. The predicted octanol–water partition coefficient (Wildman–Crippen LogP) is 8.69. The molecule has 32 heavy (non-hydrogen) atoms. The van der Waals surface area contributed by atoms with E-state index in [0.717, 1.165) is 11.4 Å². The first-order valence-electron chi connectivity index (χ1n) is 10.7. The summed E-state index contributed by atoms with van der Waals surface area (Å²) in [7, 11) is 0. The highest BCUT2D eigenvalue weighted by molar-refractivity contribution is 7.22. The first-order chi connectivity index (χ1) is 15.5. The van der Waals surface area contributed by atoms with E-state index in [2.05, 4.69) is 86.8 Å². The maximum atomic E-state index is 4.84. The van der Waals surface area contributed by atoms with Crippen LogP contribution in [0.25, 0.3) is 52.8 Å². The molecule has 4 heteroatoms. The number of pyridine rings is 2. The molecule has 0 atom stereocenters. The Morgan fingerprint density at radius 1 is 0.781 bits per heavy atom. The second-order valence-electron chi connectivity index (χ2n) is 9.20. The molecule has 0 spiro atoms. The lowest BCUT2D eigenvalue weighted by Crippen LogP contribution is -2.12. The van der Waals surface area contributed by atoms with Gasteiger partial charge in [-0.3, -0.25) is 9.97 Å². The van der Waals surface area contributed by atoms with Gasteiger partial charge in [0.15, 0.2) is 0 Å². The molecule has 2 nitrogen and oxygen atoms in total. The summed E-state index contributed by atoms with van der Waals surface area (Å²) in [4.78, 5) is 10.8. The van der Waals surface area contributed by atoms with Crippen LogP contribution in [0.4, 0.5) is 0 Å². The number of thiophene rings is 2. The van der Waals surface area contributed by atoms with E-state index in [4.69, 9.17) is 9.97 Å². The van der Waals surface area contributed by atoms with Crippen LogP contribution < -0.4 is 0 Å². The van der Waals surface area contributed by atoms with Gasteiger partial charge in [-0.2, -0.15) is 0 Å². The molecule has 6 rings (SSSR count). The molecule has 156 valence electrons. The number of nitrogens with zero attached hydrogens (tertiary/aromatic N) is 2. The lowest BCUT2D eigenvalue weighted by molar-refractivity contribution is 0.596. The Bertz CT molecular complexity index is 1620. The Balaban J connectivity index is 1.56. The first kappa shape index (κ1) is 19.6. The summed E-state index contributed by atoms with van der Waals surface area (Å²) in [6, 6.07) is 22.0. The highest BCUT2D eigenvalue weighted by atomic mass is 32.1. The van der Waals surface area contributed by atoms with Gasteiger partial charge >= 0.3 is 0 Å². The van der Waals surface area contributed by atoms with E-state index < -0.39 is 0 Å². The zero-order valence-corrected chi connectivity index (χ0v) is 19.8. The number of hydrogen-bond acceptors (Lipinski definition) is 4. The van der Waals surface area contributed by atoms with Crippen molar-refractivity contribution in [3.05, 3.63) is 84.0 Å². The van der Waals surface area contributed by atoms with Crippen molar-refractivity contribution >= 4 is 53.6 Å². The van der Waals surface area contributed by atoms with Gasteiger partial charge in [0.2, 0.25) is 0 Å². The summed E-state index contributed by atoms with van der Waals surface area (Å²) < 4.78 is 2.51. The molecule has 4 heterocycles. The molecular formula is C28H22N2S2. The van der Waals surface area contributed by atoms with Crippen LogP contribution in [0, 0.1) is 0 Å². The fourth-order valence-corrected chi connectivity index (χ4v) is 6.20. The van der Waals surface area contributed by atoms with Crippen molar-refractivity contribution in [1.29, 1.82) is 0 Å². The number of benzene rings is 2. The normalized spacial score (nSPS) is 12.2. The lowest BCUT2D eigenvalue weighted by Gasteiger charge is -2.22. The van der Waals surface area contributed by atoms with E-state index in [-0.39, 0.29) is 5.41 Å². The molecule has 0 unspecified atom stereocenters. The van der Waals surface area contributed by atoms with E-state index in [0.29, 0.717) is 0 Å². The summed E-state index contributed by atoms with van der Waals surface area (Å²) in [6.07, 6.45) is 3.91. The fourth-order valence-electron chi connectivity index (χ4n) is 4.38. The van der Waals surface area contributed by atoms with E-state index in [1.54, 1.807) is 22.7 Å². The smallest absolute Gasteiger partial charge is 0.0816 e. The zero-order valence-electron chi connectivity index (χ0n) is 18.2. The van der Waals surface area contributed by atoms with Crippen molar-refractivity contribution in [2.24, 2.45) is 0 Å². The summed E-state index contributed by atoms with van der Waals surface area (Å²) in [5.74, 6) is 0. The zero-order chi connectivity index (χ0) is 21.9. The van der Waals surface area contributed by atoms with Gasteiger partial charge in [0.1, 0.15) is 0 Å². The van der Waals surface area contributed by atoms with Crippen LogP contribution in [0.5, 0.6) is 0 Å². The molecule has 0 fully saturated rings. The summed E-state index contributed by atoms with van der Waals surface area (Å²) in [5.41, 5.74) is 4.64. The van der Waals surface area contributed by atoms with Crippen molar-refractivity contribution in [3.63, 3.8) is 0 Å². The van der Waals surface area contributed by atoms with Crippen molar-refractivity contribution in [3.8, 4) is 21.8 Å². The predicted molar refractivity (Wildman–Crippen MR) is 140 cm³/mol. The Hall–Kier alpha value is -3.08. The van der Waals surface area contributed by atoms with Crippen LogP contribution in [0.3, 0.4) is 0 Å². The molecule has 0 aliphatic rings. The highest BCUT2D eigenvalue weighted by Crippen LogP contribution is 2.40. The maximum absolute atomic E-state index is 4.84. The van der Waals surface area contributed by atoms with E-state index >= 15 is 0 Å². The van der Waals surface area contributed by atoms with Crippen LogP contribution in [0.1, 0.15) is 26.3 Å². The van der Waals surface area contributed by atoms with E-state index in [9.17, 15) is 0 Å².